The van der Waals surface area contributed by atoms with Crippen molar-refractivity contribution in [2.75, 3.05) is 12.4 Å². The number of benzene rings is 1. The fourth-order valence-electron chi connectivity index (χ4n) is 8.17. The maximum atomic E-state index is 12.9. The summed E-state index contributed by atoms with van der Waals surface area (Å²) in [5.74, 6) is 2.65. The number of hydrogen-bond donors (Lipinski definition) is 1. The van der Waals surface area contributed by atoms with Gasteiger partial charge in [-0.05, 0) is 85.8 Å². The molecule has 3 aliphatic carbocycles. The summed E-state index contributed by atoms with van der Waals surface area (Å²) in [4.78, 5) is 27.2. The van der Waals surface area contributed by atoms with E-state index in [1.165, 1.54) is 25.7 Å². The second-order valence-electron chi connectivity index (χ2n) is 11.2. The lowest BCUT2D eigenvalue weighted by Crippen LogP contribution is -2.59. The molecule has 0 aromatic heterocycles. The lowest BCUT2D eigenvalue weighted by atomic mass is 9.47. The summed E-state index contributed by atoms with van der Waals surface area (Å²) in [5, 5.41) is 3.63. The van der Waals surface area contributed by atoms with E-state index in [0.717, 1.165) is 12.8 Å². The zero-order valence-corrected chi connectivity index (χ0v) is 20.2. The second-order valence-corrected chi connectivity index (χ2v) is 11.6. The highest BCUT2D eigenvalue weighted by atomic mass is 35.5. The van der Waals surface area contributed by atoms with E-state index in [4.69, 9.17) is 11.6 Å². The smallest absolute Gasteiger partial charge is 0.246 e. The van der Waals surface area contributed by atoms with E-state index in [0.29, 0.717) is 46.8 Å². The number of carbonyl (C=O) groups excluding carboxylic acids is 2. The van der Waals surface area contributed by atoms with Gasteiger partial charge in [0.1, 0.15) is 0 Å². The molecule has 0 bridgehead atoms. The molecule has 1 heterocycles. The van der Waals surface area contributed by atoms with Crippen molar-refractivity contribution in [2.45, 2.75) is 64.8 Å². The van der Waals surface area contributed by atoms with Crippen molar-refractivity contribution in [1.82, 2.24) is 4.90 Å². The van der Waals surface area contributed by atoms with Gasteiger partial charge >= 0.3 is 0 Å². The quantitative estimate of drug-likeness (QED) is 0.615. The monoisotopic (exact) mass is 454 g/mol. The van der Waals surface area contributed by atoms with E-state index < -0.39 is 0 Å². The first-order valence-electron chi connectivity index (χ1n) is 12.2. The molecule has 1 N–H and O–H groups in total. The highest BCUT2D eigenvalue weighted by Crippen LogP contribution is 2.66. The fourth-order valence-corrected chi connectivity index (χ4v) is 8.35. The van der Waals surface area contributed by atoms with Gasteiger partial charge in [0, 0.05) is 24.9 Å². The van der Waals surface area contributed by atoms with Crippen LogP contribution in [0.2, 0.25) is 5.02 Å². The van der Waals surface area contributed by atoms with E-state index in [9.17, 15) is 9.59 Å². The third-order valence-electron chi connectivity index (χ3n) is 9.90. The lowest BCUT2D eigenvalue weighted by molar-refractivity contribution is -0.139. The Labute approximate surface area is 196 Å². The Kier molecular flexibility index (Phi) is 5.43. The molecule has 5 heteroatoms. The number of nitrogens with zero attached hydrogens (tertiary/aromatic N) is 1. The van der Waals surface area contributed by atoms with Crippen LogP contribution in [0.1, 0.15) is 58.8 Å². The number of likely N-dealkylation sites (N-methyl/N-ethyl adjacent to an activating group) is 1. The summed E-state index contributed by atoms with van der Waals surface area (Å²) in [6.45, 7) is 4.84. The van der Waals surface area contributed by atoms with Gasteiger partial charge in [-0.25, -0.2) is 0 Å². The maximum absolute atomic E-state index is 12.9. The van der Waals surface area contributed by atoms with Gasteiger partial charge in [0.15, 0.2) is 0 Å². The van der Waals surface area contributed by atoms with Crippen LogP contribution in [0.5, 0.6) is 0 Å². The van der Waals surface area contributed by atoms with E-state index in [1.54, 1.807) is 0 Å². The number of halogens is 1. The second kappa shape index (κ2) is 7.90. The van der Waals surface area contributed by atoms with E-state index in [1.807, 2.05) is 42.3 Å². The highest BCUT2D eigenvalue weighted by Gasteiger charge is 2.60. The lowest BCUT2D eigenvalue weighted by Gasteiger charge is -2.60. The zero-order valence-electron chi connectivity index (χ0n) is 19.4. The molecule has 5 rings (SSSR count). The first kappa shape index (κ1) is 22.0. The van der Waals surface area contributed by atoms with Crippen LogP contribution in [0.3, 0.4) is 0 Å². The summed E-state index contributed by atoms with van der Waals surface area (Å²) < 4.78 is 0. The van der Waals surface area contributed by atoms with Gasteiger partial charge in [-0.2, -0.15) is 0 Å². The average Bonchev–Trinajstić information content (AvgIpc) is 3.09. The highest BCUT2D eigenvalue weighted by molar-refractivity contribution is 6.33. The van der Waals surface area contributed by atoms with Gasteiger partial charge in [0.2, 0.25) is 11.8 Å². The SMILES string of the molecule is CN1C(=O)C=C[C@]2(C)C3CC[C@@]4(C)C(CC[C@@H]4CC(=O)Nc4ccccc4Cl)C3CCC12. The Hall–Kier alpha value is -1.81. The Morgan fingerprint density at radius 1 is 1.12 bits per heavy atom. The molecule has 32 heavy (non-hydrogen) atoms. The van der Waals surface area contributed by atoms with Crippen molar-refractivity contribution in [3.63, 3.8) is 0 Å². The molecule has 4 aliphatic rings. The topological polar surface area (TPSA) is 49.4 Å². The Bertz CT molecular complexity index is 961. The average molecular weight is 455 g/mol. The normalized spacial score (nSPS) is 40.4. The van der Waals surface area contributed by atoms with Crippen molar-refractivity contribution in [3.8, 4) is 0 Å². The number of carbonyl (C=O) groups is 2. The van der Waals surface area contributed by atoms with E-state index >= 15 is 0 Å². The van der Waals surface area contributed by atoms with Crippen LogP contribution in [0.25, 0.3) is 0 Å². The molecule has 0 saturated heterocycles. The Morgan fingerprint density at radius 3 is 2.69 bits per heavy atom. The third-order valence-corrected chi connectivity index (χ3v) is 10.2. The minimum Gasteiger partial charge on any atom is -0.338 e. The maximum Gasteiger partial charge on any atom is 0.246 e. The van der Waals surface area contributed by atoms with E-state index in [2.05, 4.69) is 25.2 Å². The molecule has 3 saturated carbocycles. The van der Waals surface area contributed by atoms with Gasteiger partial charge in [-0.15, -0.1) is 0 Å². The number of fused-ring (bicyclic) bond motifs is 5. The summed E-state index contributed by atoms with van der Waals surface area (Å²) in [7, 11) is 1.98. The first-order valence-corrected chi connectivity index (χ1v) is 12.6. The molecular formula is C27H35ClN2O2. The third kappa shape index (κ3) is 3.32. The minimum absolute atomic E-state index is 0.0758. The molecule has 0 spiro atoms. The molecule has 2 amide bonds. The van der Waals surface area contributed by atoms with Crippen molar-refractivity contribution >= 4 is 29.1 Å². The van der Waals surface area contributed by atoms with Crippen LogP contribution in [0.15, 0.2) is 36.4 Å². The molecule has 7 atom stereocenters. The molecule has 172 valence electrons. The van der Waals surface area contributed by atoms with Crippen LogP contribution in [-0.2, 0) is 9.59 Å². The predicted octanol–water partition coefficient (Wildman–Crippen LogP) is 5.92. The van der Waals surface area contributed by atoms with Crippen molar-refractivity contribution in [3.05, 3.63) is 41.4 Å². The van der Waals surface area contributed by atoms with Gasteiger partial charge in [-0.1, -0.05) is 43.7 Å². The fraction of sp³-hybridized carbons (Fsp3) is 0.630. The largest absolute Gasteiger partial charge is 0.338 e. The summed E-state index contributed by atoms with van der Waals surface area (Å²) >= 11 is 6.24. The van der Waals surface area contributed by atoms with Crippen LogP contribution >= 0.6 is 11.6 Å². The standard InChI is InChI=1S/C27H35ClN2O2/c1-26-14-12-20-18(9-11-23-27(20,2)15-13-25(32)30(23)3)19(26)10-8-17(26)16-24(31)29-22-7-5-4-6-21(22)28/h4-7,13,15,17-20,23H,8-12,14,16H2,1-3H3,(H,29,31)/t17-,18?,19?,20?,23?,26-,27-/m1/s1. The molecule has 3 fully saturated rings. The number of nitrogens with one attached hydrogen (secondary N) is 1. The number of hydrogen-bond acceptors (Lipinski definition) is 2. The molecule has 1 aliphatic heterocycles. The molecule has 1 aromatic carbocycles. The van der Waals surface area contributed by atoms with Gasteiger partial charge in [0.25, 0.3) is 0 Å². The summed E-state index contributed by atoms with van der Waals surface area (Å²) in [6.07, 6.45) is 11.6. The molecule has 4 nitrogen and oxygen atoms in total. The van der Waals surface area contributed by atoms with Crippen molar-refractivity contribution < 1.29 is 9.59 Å². The zero-order chi connectivity index (χ0) is 22.7. The Morgan fingerprint density at radius 2 is 1.91 bits per heavy atom. The molecular weight excluding hydrogens is 420 g/mol. The first-order chi connectivity index (χ1) is 15.2. The number of amides is 2. The van der Waals surface area contributed by atoms with Crippen molar-refractivity contribution in [2.24, 2.45) is 34.5 Å². The molecule has 1 aromatic rings. The van der Waals surface area contributed by atoms with Gasteiger partial charge < -0.3 is 10.2 Å². The summed E-state index contributed by atoms with van der Waals surface area (Å²) in [5.41, 5.74) is 1.01. The number of para-hydroxylation sites is 1. The van der Waals surface area contributed by atoms with E-state index in [-0.39, 0.29) is 22.6 Å². The van der Waals surface area contributed by atoms with Gasteiger partial charge in [-0.3, -0.25) is 9.59 Å². The summed E-state index contributed by atoms with van der Waals surface area (Å²) in [6, 6.07) is 7.78. The Balaban J connectivity index is 1.32. The van der Waals surface area contributed by atoms with Crippen LogP contribution in [0.4, 0.5) is 5.69 Å². The number of rotatable bonds is 3. The minimum atomic E-state index is 0.0758. The van der Waals surface area contributed by atoms with Crippen LogP contribution in [0, 0.1) is 34.5 Å². The van der Waals surface area contributed by atoms with Gasteiger partial charge in [0.05, 0.1) is 10.7 Å². The molecule has 4 unspecified atom stereocenters. The number of anilines is 1. The van der Waals surface area contributed by atoms with Crippen LogP contribution in [-0.4, -0.2) is 29.8 Å². The van der Waals surface area contributed by atoms with Crippen LogP contribution < -0.4 is 5.32 Å². The van der Waals surface area contributed by atoms with Crippen molar-refractivity contribution in [1.29, 1.82) is 0 Å². The predicted molar refractivity (Wildman–Crippen MR) is 128 cm³/mol. The molecule has 0 radical (unpaired) electrons.